The summed E-state index contributed by atoms with van der Waals surface area (Å²) in [6.07, 6.45) is 0. The van der Waals surface area contributed by atoms with Crippen LogP contribution >= 0.6 is 12.2 Å². The molecule has 0 atom stereocenters. The minimum atomic E-state index is -0.362. The van der Waals surface area contributed by atoms with Crippen molar-refractivity contribution in [2.75, 3.05) is 26.6 Å². The second-order valence-electron chi connectivity index (χ2n) is 7.05. The van der Waals surface area contributed by atoms with E-state index in [1.54, 1.807) is 74.9 Å². The normalized spacial score (nSPS) is 10.6. The quantitative estimate of drug-likeness (QED) is 0.414. The molecule has 0 radical (unpaired) electrons. The molecule has 0 unspecified atom stereocenters. The van der Waals surface area contributed by atoms with Crippen molar-refractivity contribution < 1.29 is 19.0 Å². The Hall–Kier alpha value is -4.11. The molecule has 0 saturated carbocycles. The summed E-state index contributed by atoms with van der Waals surface area (Å²) in [5, 5.41) is 3.22. The number of hydrogen-bond donors (Lipinski definition) is 2. The number of anilines is 1. The van der Waals surface area contributed by atoms with Crippen LogP contribution in [0.5, 0.6) is 17.2 Å². The van der Waals surface area contributed by atoms with E-state index in [0.29, 0.717) is 45.1 Å². The van der Waals surface area contributed by atoms with Crippen molar-refractivity contribution in [2.24, 2.45) is 0 Å². The van der Waals surface area contributed by atoms with E-state index >= 15 is 0 Å². The smallest absolute Gasteiger partial charge is 0.266 e. The first-order chi connectivity index (χ1) is 15.9. The third-order valence-electron chi connectivity index (χ3n) is 5.15. The van der Waals surface area contributed by atoms with Gasteiger partial charge >= 0.3 is 0 Å². The molecule has 8 nitrogen and oxygen atoms in total. The molecule has 0 aliphatic heterocycles. The molecule has 33 heavy (non-hydrogen) atoms. The summed E-state index contributed by atoms with van der Waals surface area (Å²) in [6.45, 7) is 0. The van der Waals surface area contributed by atoms with Gasteiger partial charge in [-0.1, -0.05) is 0 Å². The average molecular weight is 464 g/mol. The summed E-state index contributed by atoms with van der Waals surface area (Å²) < 4.78 is 17.3. The number of aromatic nitrogens is 2. The third kappa shape index (κ3) is 4.31. The standard InChI is InChI=1S/C24H21N3O5S/c1-30-16-7-5-15(6-8-16)27-23(29)18-10-4-14(12-20(18)26-24(27)33)22(28)25-19-11-9-17(31-2)13-21(19)32-3/h4-13H,1-3H3,(H,25,28)(H,26,33). The Kier molecular flexibility index (Phi) is 6.14. The molecule has 4 aromatic rings. The van der Waals surface area contributed by atoms with Crippen LogP contribution in [0.25, 0.3) is 16.6 Å². The van der Waals surface area contributed by atoms with Crippen molar-refractivity contribution in [2.45, 2.75) is 0 Å². The van der Waals surface area contributed by atoms with Gasteiger partial charge in [-0.2, -0.15) is 0 Å². The molecule has 1 amide bonds. The number of fused-ring (bicyclic) bond motifs is 1. The zero-order valence-corrected chi connectivity index (χ0v) is 19.0. The molecule has 0 aliphatic carbocycles. The fraction of sp³-hybridized carbons (Fsp3) is 0.125. The maximum Gasteiger partial charge on any atom is 0.266 e. The van der Waals surface area contributed by atoms with Crippen LogP contribution in [0.4, 0.5) is 5.69 Å². The van der Waals surface area contributed by atoms with Gasteiger partial charge in [0.05, 0.1) is 43.6 Å². The highest BCUT2D eigenvalue weighted by Gasteiger charge is 2.14. The molecule has 9 heteroatoms. The summed E-state index contributed by atoms with van der Waals surface area (Å²) in [5.41, 5.74) is 1.63. The van der Waals surface area contributed by atoms with Crippen LogP contribution in [0, 0.1) is 4.77 Å². The predicted molar refractivity (Wildman–Crippen MR) is 129 cm³/mol. The number of methoxy groups -OCH3 is 3. The van der Waals surface area contributed by atoms with Crippen molar-refractivity contribution in [1.82, 2.24) is 9.55 Å². The van der Waals surface area contributed by atoms with Crippen LogP contribution in [0.3, 0.4) is 0 Å². The van der Waals surface area contributed by atoms with Gasteiger partial charge in [0.25, 0.3) is 11.5 Å². The minimum Gasteiger partial charge on any atom is -0.497 e. The molecule has 1 aromatic heterocycles. The minimum absolute atomic E-state index is 0.215. The van der Waals surface area contributed by atoms with Crippen LogP contribution in [-0.4, -0.2) is 36.8 Å². The van der Waals surface area contributed by atoms with E-state index in [4.69, 9.17) is 26.4 Å². The monoisotopic (exact) mass is 463 g/mol. The van der Waals surface area contributed by atoms with Crippen LogP contribution in [0.15, 0.2) is 65.5 Å². The number of benzene rings is 3. The lowest BCUT2D eigenvalue weighted by Crippen LogP contribution is -2.21. The second kappa shape index (κ2) is 9.17. The van der Waals surface area contributed by atoms with E-state index in [9.17, 15) is 9.59 Å². The highest BCUT2D eigenvalue weighted by atomic mass is 32.1. The van der Waals surface area contributed by atoms with E-state index in [0.717, 1.165) is 0 Å². The number of hydrogen-bond acceptors (Lipinski definition) is 6. The number of carbonyl (C=O) groups excluding carboxylic acids is 1. The lowest BCUT2D eigenvalue weighted by atomic mass is 10.1. The Labute approximate surface area is 194 Å². The lowest BCUT2D eigenvalue weighted by molar-refractivity contribution is 0.102. The summed E-state index contributed by atoms with van der Waals surface area (Å²) in [4.78, 5) is 29.1. The molecular weight excluding hydrogens is 442 g/mol. The molecule has 0 fully saturated rings. The lowest BCUT2D eigenvalue weighted by Gasteiger charge is -2.12. The van der Waals surface area contributed by atoms with E-state index in [1.165, 1.54) is 11.7 Å². The van der Waals surface area contributed by atoms with Gasteiger partial charge in [0.1, 0.15) is 17.2 Å². The fourth-order valence-corrected chi connectivity index (χ4v) is 3.72. The predicted octanol–water partition coefficient (Wildman–Crippen LogP) is 4.33. The zero-order chi connectivity index (χ0) is 23.5. The third-order valence-corrected chi connectivity index (χ3v) is 5.43. The van der Waals surface area contributed by atoms with E-state index in [-0.39, 0.29) is 16.2 Å². The summed E-state index contributed by atoms with van der Waals surface area (Å²) in [6, 6.07) is 16.9. The van der Waals surface area contributed by atoms with E-state index in [1.807, 2.05) is 0 Å². The van der Waals surface area contributed by atoms with Gasteiger partial charge in [0.15, 0.2) is 4.77 Å². The maximum atomic E-state index is 13.1. The van der Waals surface area contributed by atoms with Crippen LogP contribution in [0.2, 0.25) is 0 Å². The van der Waals surface area contributed by atoms with E-state index in [2.05, 4.69) is 10.3 Å². The Morgan fingerprint density at radius 2 is 1.61 bits per heavy atom. The van der Waals surface area contributed by atoms with Crippen LogP contribution in [-0.2, 0) is 0 Å². The van der Waals surface area contributed by atoms with Gasteiger partial charge in [-0.15, -0.1) is 0 Å². The molecular formula is C24H21N3O5S. The van der Waals surface area contributed by atoms with Gasteiger partial charge in [0, 0.05) is 11.6 Å². The molecule has 4 rings (SSSR count). The molecule has 3 aromatic carbocycles. The van der Waals surface area contributed by atoms with Gasteiger partial charge < -0.3 is 24.5 Å². The number of nitrogens with one attached hydrogen (secondary N) is 2. The number of amides is 1. The molecule has 168 valence electrons. The molecule has 0 spiro atoms. The van der Waals surface area contributed by atoms with Crippen molar-refractivity contribution in [3.63, 3.8) is 0 Å². The number of aromatic amines is 1. The zero-order valence-electron chi connectivity index (χ0n) is 18.2. The molecule has 0 bridgehead atoms. The van der Waals surface area contributed by atoms with Gasteiger partial charge in [-0.05, 0) is 66.8 Å². The van der Waals surface area contributed by atoms with Crippen LogP contribution < -0.4 is 25.1 Å². The molecule has 1 heterocycles. The topological polar surface area (TPSA) is 94.6 Å². The maximum absolute atomic E-state index is 13.1. The Bertz CT molecular complexity index is 1460. The van der Waals surface area contributed by atoms with Crippen molar-refractivity contribution in [3.8, 4) is 22.9 Å². The first-order valence-electron chi connectivity index (χ1n) is 9.92. The van der Waals surface area contributed by atoms with Crippen molar-refractivity contribution in [1.29, 1.82) is 0 Å². The number of H-pyrrole nitrogens is 1. The average Bonchev–Trinajstić information content (AvgIpc) is 2.84. The number of rotatable bonds is 6. The molecule has 0 saturated heterocycles. The SMILES string of the molecule is COc1ccc(-n2c(=S)[nH]c3cc(C(=O)Nc4ccc(OC)cc4OC)ccc3c2=O)cc1. The van der Waals surface area contributed by atoms with Gasteiger partial charge in [-0.25, -0.2) is 0 Å². The second-order valence-corrected chi connectivity index (χ2v) is 7.44. The highest BCUT2D eigenvalue weighted by molar-refractivity contribution is 7.71. The first kappa shape index (κ1) is 22.1. The van der Waals surface area contributed by atoms with Crippen LogP contribution in [0.1, 0.15) is 10.4 Å². The summed E-state index contributed by atoms with van der Waals surface area (Å²) in [7, 11) is 4.63. The van der Waals surface area contributed by atoms with Crippen molar-refractivity contribution >= 4 is 34.7 Å². The molecule has 2 N–H and O–H groups in total. The Morgan fingerprint density at radius 1 is 0.909 bits per heavy atom. The Balaban J connectivity index is 1.69. The first-order valence-corrected chi connectivity index (χ1v) is 10.3. The molecule has 0 aliphatic rings. The number of ether oxygens (including phenoxy) is 3. The van der Waals surface area contributed by atoms with E-state index < -0.39 is 0 Å². The highest BCUT2D eigenvalue weighted by Crippen LogP contribution is 2.29. The number of nitrogens with zero attached hydrogens (tertiary/aromatic N) is 1. The fourth-order valence-electron chi connectivity index (χ4n) is 3.42. The van der Waals surface area contributed by atoms with Crippen molar-refractivity contribution in [3.05, 3.63) is 81.4 Å². The summed E-state index contributed by atoms with van der Waals surface area (Å²) in [5.74, 6) is 1.38. The Morgan fingerprint density at radius 3 is 2.27 bits per heavy atom. The van der Waals surface area contributed by atoms with Gasteiger partial charge in [-0.3, -0.25) is 14.2 Å². The summed E-state index contributed by atoms with van der Waals surface area (Å²) >= 11 is 5.43. The van der Waals surface area contributed by atoms with Gasteiger partial charge in [0.2, 0.25) is 0 Å². The number of carbonyl (C=O) groups is 1. The largest absolute Gasteiger partial charge is 0.497 e.